The summed E-state index contributed by atoms with van der Waals surface area (Å²) in [7, 11) is 2.23. The monoisotopic (exact) mass is 350 g/mol. The molecule has 1 aromatic carbocycles. The first kappa shape index (κ1) is 19.7. The molecule has 5 atom stereocenters. The third-order valence-electron chi connectivity index (χ3n) is 4.58. The summed E-state index contributed by atoms with van der Waals surface area (Å²) in [5.74, 6) is 0.397. The van der Waals surface area contributed by atoms with Crippen molar-refractivity contribution in [1.29, 1.82) is 0 Å². The molecular formula is C17H27BN2O5. The average Bonchev–Trinajstić information content (AvgIpc) is 2.91. The molecule has 1 saturated heterocycles. The Kier molecular flexibility index (Phi) is 7.25. The number of hydrogen-bond donors (Lipinski definition) is 4. The minimum Gasteiger partial charge on any atom is -0.497 e. The Morgan fingerprint density at radius 2 is 2.12 bits per heavy atom. The van der Waals surface area contributed by atoms with E-state index in [2.05, 4.69) is 5.32 Å². The van der Waals surface area contributed by atoms with Crippen LogP contribution in [0, 0.1) is 0 Å². The van der Waals surface area contributed by atoms with Crippen molar-refractivity contribution in [3.63, 3.8) is 0 Å². The number of aliphatic hydroxyl groups is 2. The predicted molar refractivity (Wildman–Crippen MR) is 96.0 cm³/mol. The molecule has 5 N–H and O–H groups in total. The fourth-order valence-electron chi connectivity index (χ4n) is 3.11. The van der Waals surface area contributed by atoms with Crippen molar-refractivity contribution < 1.29 is 24.5 Å². The summed E-state index contributed by atoms with van der Waals surface area (Å²) in [4.78, 5) is 12.4. The summed E-state index contributed by atoms with van der Waals surface area (Å²) < 4.78 is 10.8. The Hall–Kier alpha value is -1.61. The number of carbonyl (C=O) groups excluding carboxylic acids is 1. The van der Waals surface area contributed by atoms with E-state index in [0.717, 1.165) is 11.3 Å². The minimum absolute atomic E-state index is 0.0713. The number of ether oxygens (including phenoxy) is 2. The van der Waals surface area contributed by atoms with E-state index in [1.54, 1.807) is 7.11 Å². The summed E-state index contributed by atoms with van der Waals surface area (Å²) in [6.45, 7) is 1.83. The van der Waals surface area contributed by atoms with Gasteiger partial charge < -0.3 is 30.7 Å². The highest BCUT2D eigenvalue weighted by Gasteiger charge is 2.43. The number of hydrogen-bond acceptors (Lipinski definition) is 6. The largest absolute Gasteiger partial charge is 0.497 e. The topological polar surface area (TPSA) is 114 Å². The van der Waals surface area contributed by atoms with Gasteiger partial charge in [-0.1, -0.05) is 19.0 Å². The maximum absolute atomic E-state index is 12.4. The zero-order chi connectivity index (χ0) is 18.4. The van der Waals surface area contributed by atoms with E-state index in [0.29, 0.717) is 20.1 Å². The lowest BCUT2D eigenvalue weighted by Gasteiger charge is -2.23. The van der Waals surface area contributed by atoms with Crippen LogP contribution in [0.2, 0.25) is 6.82 Å². The van der Waals surface area contributed by atoms with Crippen molar-refractivity contribution in [3.8, 4) is 5.75 Å². The lowest BCUT2D eigenvalue weighted by Crippen LogP contribution is -2.53. The van der Waals surface area contributed by atoms with Crippen LogP contribution in [0.25, 0.3) is 0 Å². The lowest BCUT2D eigenvalue weighted by molar-refractivity contribution is -0.124. The van der Waals surface area contributed by atoms with E-state index in [4.69, 9.17) is 20.3 Å². The molecule has 1 fully saturated rings. The molecule has 0 aliphatic carbocycles. The first-order chi connectivity index (χ1) is 12.0. The standard InChI is InChI=1S/C17H27BN2O5/c1-18-16-15(22)14(13(25-16)7-8-21)20-17(23)12(19)9-10-3-5-11(24-2)6-4-10/h3-6,12-16,18,21-22H,7-9,19H2,1-2H3,(H,20,23)/t12?,13-,14?,15+,16-/m1/s1. The van der Waals surface area contributed by atoms with Crippen LogP contribution in [0.4, 0.5) is 0 Å². The first-order valence-electron chi connectivity index (χ1n) is 8.63. The molecule has 0 aromatic heterocycles. The van der Waals surface area contributed by atoms with Gasteiger partial charge in [-0.2, -0.15) is 0 Å². The number of nitrogens with one attached hydrogen (secondary N) is 1. The van der Waals surface area contributed by atoms with Crippen LogP contribution >= 0.6 is 0 Å². The highest BCUT2D eigenvalue weighted by Crippen LogP contribution is 2.23. The summed E-state index contributed by atoms with van der Waals surface area (Å²) >= 11 is 0. The van der Waals surface area contributed by atoms with Gasteiger partial charge in [-0.05, 0) is 30.5 Å². The van der Waals surface area contributed by atoms with Crippen molar-refractivity contribution in [2.45, 2.75) is 50.0 Å². The molecule has 1 amide bonds. The fourth-order valence-corrected chi connectivity index (χ4v) is 3.11. The van der Waals surface area contributed by atoms with Gasteiger partial charge in [0.1, 0.15) is 5.75 Å². The molecule has 25 heavy (non-hydrogen) atoms. The van der Waals surface area contributed by atoms with Crippen molar-refractivity contribution in [2.24, 2.45) is 5.73 Å². The molecule has 2 rings (SSSR count). The summed E-state index contributed by atoms with van der Waals surface area (Å²) in [6.07, 6.45) is -0.492. The van der Waals surface area contributed by atoms with Gasteiger partial charge in [-0.3, -0.25) is 4.79 Å². The number of methoxy groups -OCH3 is 1. The predicted octanol–water partition coefficient (Wildman–Crippen LogP) is -0.997. The van der Waals surface area contributed by atoms with Crippen molar-refractivity contribution in [2.75, 3.05) is 13.7 Å². The summed E-state index contributed by atoms with van der Waals surface area (Å²) in [5, 5.41) is 22.3. The van der Waals surface area contributed by atoms with Crippen LogP contribution in [-0.2, 0) is 16.0 Å². The van der Waals surface area contributed by atoms with Crippen molar-refractivity contribution in [3.05, 3.63) is 29.8 Å². The van der Waals surface area contributed by atoms with E-state index >= 15 is 0 Å². The maximum atomic E-state index is 12.4. The minimum atomic E-state index is -0.807. The van der Waals surface area contributed by atoms with Gasteiger partial charge in [0.05, 0.1) is 37.4 Å². The van der Waals surface area contributed by atoms with Gasteiger partial charge in [0.2, 0.25) is 5.91 Å². The van der Waals surface area contributed by atoms with Gasteiger partial charge in [-0.15, -0.1) is 0 Å². The smallest absolute Gasteiger partial charge is 0.237 e. The molecule has 0 spiro atoms. The first-order valence-corrected chi connectivity index (χ1v) is 8.63. The summed E-state index contributed by atoms with van der Waals surface area (Å²) in [6, 6.07) is 5.71. The Labute approximate surface area is 148 Å². The van der Waals surface area contributed by atoms with Crippen LogP contribution in [-0.4, -0.2) is 67.4 Å². The van der Waals surface area contributed by atoms with E-state index in [1.165, 1.54) is 0 Å². The number of benzene rings is 1. The molecule has 1 aliphatic rings. The number of rotatable bonds is 8. The van der Waals surface area contributed by atoms with Gasteiger partial charge in [-0.25, -0.2) is 0 Å². The maximum Gasteiger partial charge on any atom is 0.237 e. The molecular weight excluding hydrogens is 323 g/mol. The second-order valence-electron chi connectivity index (χ2n) is 6.32. The van der Waals surface area contributed by atoms with Crippen molar-refractivity contribution in [1.82, 2.24) is 5.32 Å². The molecule has 2 unspecified atom stereocenters. The Bertz CT molecular complexity index is 556. The number of carbonyl (C=O) groups is 1. The number of amides is 1. The fraction of sp³-hybridized carbons (Fsp3) is 0.588. The SMILES string of the molecule is CB[C@@H]1O[C@H](CCO)C(NC(=O)C(N)Cc2ccc(OC)cc2)[C@@H]1O. The number of nitrogens with two attached hydrogens (primary N) is 1. The molecule has 0 bridgehead atoms. The van der Waals surface area contributed by atoms with Crippen LogP contribution in [0.3, 0.4) is 0 Å². The lowest BCUT2D eigenvalue weighted by atomic mass is 9.71. The quantitative estimate of drug-likeness (QED) is 0.448. The number of aliphatic hydroxyl groups excluding tert-OH is 2. The molecule has 0 radical (unpaired) electrons. The normalized spacial score (nSPS) is 26.9. The highest BCUT2D eigenvalue weighted by molar-refractivity contribution is 6.35. The zero-order valence-electron chi connectivity index (χ0n) is 14.7. The third-order valence-corrected chi connectivity index (χ3v) is 4.58. The molecule has 0 saturated carbocycles. The molecule has 8 heteroatoms. The van der Waals surface area contributed by atoms with Gasteiger partial charge in [0.15, 0.2) is 7.28 Å². The second kappa shape index (κ2) is 9.19. The van der Waals surface area contributed by atoms with Gasteiger partial charge in [0, 0.05) is 6.61 Å². The van der Waals surface area contributed by atoms with Crippen LogP contribution < -0.4 is 15.8 Å². The van der Waals surface area contributed by atoms with Gasteiger partial charge >= 0.3 is 0 Å². The Morgan fingerprint density at radius 1 is 1.44 bits per heavy atom. The van der Waals surface area contributed by atoms with Gasteiger partial charge in [0.25, 0.3) is 0 Å². The molecule has 138 valence electrons. The van der Waals surface area contributed by atoms with Crippen LogP contribution in [0.1, 0.15) is 12.0 Å². The van der Waals surface area contributed by atoms with E-state index in [9.17, 15) is 9.90 Å². The molecule has 1 aromatic rings. The summed E-state index contributed by atoms with van der Waals surface area (Å²) in [5.41, 5.74) is 6.94. The molecule has 1 aliphatic heterocycles. The Balaban J connectivity index is 1.96. The van der Waals surface area contributed by atoms with Crippen LogP contribution in [0.15, 0.2) is 24.3 Å². The second-order valence-corrected chi connectivity index (χ2v) is 6.32. The zero-order valence-corrected chi connectivity index (χ0v) is 14.7. The van der Waals surface area contributed by atoms with Crippen LogP contribution in [0.5, 0.6) is 5.75 Å². The molecule has 7 nitrogen and oxygen atoms in total. The third kappa shape index (κ3) is 4.95. The van der Waals surface area contributed by atoms with E-state index in [-0.39, 0.29) is 18.5 Å². The van der Waals surface area contributed by atoms with Crippen molar-refractivity contribution >= 4 is 13.2 Å². The van der Waals surface area contributed by atoms with E-state index in [1.807, 2.05) is 31.1 Å². The van der Waals surface area contributed by atoms with E-state index < -0.39 is 24.3 Å². The Morgan fingerprint density at radius 3 is 2.68 bits per heavy atom. The highest BCUT2D eigenvalue weighted by atomic mass is 16.5. The molecule has 1 heterocycles. The average molecular weight is 350 g/mol.